The van der Waals surface area contributed by atoms with Gasteiger partial charge in [-0.05, 0) is 75.4 Å². The Morgan fingerprint density at radius 2 is 1.62 bits per heavy atom. The van der Waals surface area contributed by atoms with Crippen LogP contribution < -0.4 is 9.62 Å². The fraction of sp³-hybridized carbons (Fsp3) is 0.435. The number of hydrogen-bond acceptors (Lipinski definition) is 3. The highest BCUT2D eigenvalue weighted by Crippen LogP contribution is 2.26. The summed E-state index contributed by atoms with van der Waals surface area (Å²) in [5.41, 5.74) is 5.80. The van der Waals surface area contributed by atoms with E-state index in [0.29, 0.717) is 12.1 Å². The Kier molecular flexibility index (Phi) is 7.11. The molecule has 0 unspecified atom stereocenters. The van der Waals surface area contributed by atoms with Crippen LogP contribution in [0.3, 0.4) is 0 Å². The first kappa shape index (κ1) is 22.9. The van der Waals surface area contributed by atoms with Gasteiger partial charge in [0, 0.05) is 0 Å². The molecule has 0 saturated carbocycles. The van der Waals surface area contributed by atoms with Crippen molar-refractivity contribution in [3.8, 4) is 0 Å². The summed E-state index contributed by atoms with van der Waals surface area (Å²) >= 11 is 0. The highest BCUT2D eigenvalue weighted by Gasteiger charge is 2.32. The van der Waals surface area contributed by atoms with Gasteiger partial charge in [0.15, 0.2) is 0 Å². The van der Waals surface area contributed by atoms with Crippen LogP contribution in [0, 0.1) is 27.7 Å². The van der Waals surface area contributed by atoms with Crippen molar-refractivity contribution in [2.24, 2.45) is 0 Å². The van der Waals surface area contributed by atoms with E-state index in [1.807, 2.05) is 65.8 Å². The summed E-state index contributed by atoms with van der Waals surface area (Å²) in [6, 6.07) is 10.5. The minimum Gasteiger partial charge on any atom is -0.348 e. The molecule has 0 spiro atoms. The molecule has 0 fully saturated rings. The number of aryl methyl sites for hydroxylation is 4. The second-order valence-corrected chi connectivity index (χ2v) is 9.70. The van der Waals surface area contributed by atoms with Gasteiger partial charge in [0.2, 0.25) is 15.9 Å². The standard InChI is InChI=1S/C23H32N2O3S/c1-8-22(23(26)24-19(6)21-13-15(2)9-10-17(21)4)25(29(7,27)28)20-12-11-16(3)18(5)14-20/h9-14,19,22H,8H2,1-7H3,(H,24,26)/t19-,22-/m0/s1. The average Bonchev–Trinajstić information content (AvgIpc) is 2.62. The summed E-state index contributed by atoms with van der Waals surface area (Å²) in [6.45, 7) is 11.7. The van der Waals surface area contributed by atoms with Gasteiger partial charge < -0.3 is 5.32 Å². The van der Waals surface area contributed by atoms with Crippen molar-refractivity contribution >= 4 is 21.6 Å². The molecule has 0 aliphatic carbocycles. The third kappa shape index (κ3) is 5.38. The van der Waals surface area contributed by atoms with Crippen LogP contribution in [0.15, 0.2) is 36.4 Å². The van der Waals surface area contributed by atoms with Crippen LogP contribution >= 0.6 is 0 Å². The van der Waals surface area contributed by atoms with E-state index in [4.69, 9.17) is 0 Å². The predicted molar refractivity (Wildman–Crippen MR) is 120 cm³/mol. The van der Waals surface area contributed by atoms with Gasteiger partial charge in [-0.2, -0.15) is 0 Å². The van der Waals surface area contributed by atoms with E-state index in [2.05, 4.69) is 11.4 Å². The molecule has 6 heteroatoms. The molecule has 0 bridgehead atoms. The third-order valence-electron chi connectivity index (χ3n) is 5.33. The van der Waals surface area contributed by atoms with Crippen LogP contribution in [0.2, 0.25) is 0 Å². The maximum atomic E-state index is 13.2. The lowest BCUT2D eigenvalue weighted by atomic mass is 9.99. The molecule has 2 aromatic carbocycles. The van der Waals surface area contributed by atoms with Gasteiger partial charge in [0.25, 0.3) is 0 Å². The van der Waals surface area contributed by atoms with Crippen molar-refractivity contribution in [1.29, 1.82) is 0 Å². The van der Waals surface area contributed by atoms with E-state index in [9.17, 15) is 13.2 Å². The van der Waals surface area contributed by atoms with Crippen LogP contribution in [0.4, 0.5) is 5.69 Å². The smallest absolute Gasteiger partial charge is 0.244 e. The van der Waals surface area contributed by atoms with Crippen molar-refractivity contribution in [3.05, 3.63) is 64.2 Å². The summed E-state index contributed by atoms with van der Waals surface area (Å²) in [4.78, 5) is 13.2. The maximum absolute atomic E-state index is 13.2. The highest BCUT2D eigenvalue weighted by atomic mass is 32.2. The maximum Gasteiger partial charge on any atom is 0.244 e. The van der Waals surface area contributed by atoms with E-state index in [0.717, 1.165) is 34.1 Å². The Morgan fingerprint density at radius 3 is 2.17 bits per heavy atom. The topological polar surface area (TPSA) is 66.5 Å². The first-order chi connectivity index (χ1) is 13.5. The Hall–Kier alpha value is -2.34. The monoisotopic (exact) mass is 416 g/mol. The van der Waals surface area contributed by atoms with E-state index >= 15 is 0 Å². The first-order valence-electron chi connectivity index (χ1n) is 9.89. The van der Waals surface area contributed by atoms with Gasteiger partial charge in [0.1, 0.15) is 6.04 Å². The largest absolute Gasteiger partial charge is 0.348 e. The SMILES string of the molecule is CC[C@@H](C(=O)N[C@@H](C)c1cc(C)ccc1C)N(c1ccc(C)c(C)c1)S(C)(=O)=O. The van der Waals surface area contributed by atoms with Crippen LogP contribution in [0.5, 0.6) is 0 Å². The van der Waals surface area contributed by atoms with Gasteiger partial charge in [-0.3, -0.25) is 9.10 Å². The van der Waals surface area contributed by atoms with E-state index in [1.54, 1.807) is 6.07 Å². The van der Waals surface area contributed by atoms with Gasteiger partial charge in [-0.1, -0.05) is 36.8 Å². The second kappa shape index (κ2) is 8.99. The quantitative estimate of drug-likeness (QED) is 0.730. The van der Waals surface area contributed by atoms with Gasteiger partial charge in [-0.25, -0.2) is 8.42 Å². The molecule has 29 heavy (non-hydrogen) atoms. The number of nitrogens with one attached hydrogen (secondary N) is 1. The van der Waals surface area contributed by atoms with Crippen LogP contribution in [-0.4, -0.2) is 26.6 Å². The predicted octanol–water partition coefficient (Wildman–Crippen LogP) is 4.34. The highest BCUT2D eigenvalue weighted by molar-refractivity contribution is 7.92. The van der Waals surface area contributed by atoms with Crippen molar-refractivity contribution in [2.45, 2.75) is 60.0 Å². The Bertz CT molecular complexity index is 999. The van der Waals surface area contributed by atoms with E-state index in [1.165, 1.54) is 4.31 Å². The number of amides is 1. The summed E-state index contributed by atoms with van der Waals surface area (Å²) in [7, 11) is -3.65. The molecule has 158 valence electrons. The van der Waals surface area contributed by atoms with Gasteiger partial charge in [-0.15, -0.1) is 0 Å². The summed E-state index contributed by atoms with van der Waals surface area (Å²) in [5, 5.41) is 3.02. The minimum atomic E-state index is -3.65. The number of carbonyl (C=O) groups excluding carboxylic acids is 1. The number of nitrogens with zero attached hydrogens (tertiary/aromatic N) is 1. The third-order valence-corrected chi connectivity index (χ3v) is 6.51. The summed E-state index contributed by atoms with van der Waals surface area (Å²) < 4.78 is 26.5. The lowest BCUT2D eigenvalue weighted by Crippen LogP contribution is -2.49. The Morgan fingerprint density at radius 1 is 1.00 bits per heavy atom. The first-order valence-corrected chi connectivity index (χ1v) is 11.7. The van der Waals surface area contributed by atoms with Crippen molar-refractivity contribution < 1.29 is 13.2 Å². The zero-order valence-corrected chi connectivity index (χ0v) is 19.2. The number of sulfonamides is 1. The van der Waals surface area contributed by atoms with E-state index in [-0.39, 0.29) is 11.9 Å². The molecule has 0 aliphatic rings. The second-order valence-electron chi connectivity index (χ2n) is 7.84. The zero-order valence-electron chi connectivity index (χ0n) is 18.4. The average molecular weight is 417 g/mol. The lowest BCUT2D eigenvalue weighted by Gasteiger charge is -2.31. The molecular formula is C23H32N2O3S. The van der Waals surface area contributed by atoms with Gasteiger partial charge >= 0.3 is 0 Å². The molecule has 2 aromatic rings. The number of anilines is 1. The molecule has 0 aromatic heterocycles. The summed E-state index contributed by atoms with van der Waals surface area (Å²) in [5.74, 6) is -0.301. The fourth-order valence-electron chi connectivity index (χ4n) is 3.54. The molecule has 0 radical (unpaired) electrons. The molecule has 0 heterocycles. The van der Waals surface area contributed by atoms with Crippen molar-refractivity contribution in [2.75, 3.05) is 10.6 Å². The molecule has 1 amide bonds. The number of hydrogen-bond donors (Lipinski definition) is 1. The molecular weight excluding hydrogens is 384 g/mol. The molecule has 0 aliphatic heterocycles. The van der Waals surface area contributed by atoms with Crippen molar-refractivity contribution in [3.63, 3.8) is 0 Å². The van der Waals surface area contributed by atoms with E-state index < -0.39 is 16.1 Å². The van der Waals surface area contributed by atoms with Crippen LogP contribution in [0.1, 0.15) is 54.1 Å². The summed E-state index contributed by atoms with van der Waals surface area (Å²) in [6.07, 6.45) is 1.51. The lowest BCUT2D eigenvalue weighted by molar-refractivity contribution is -0.122. The van der Waals surface area contributed by atoms with Crippen LogP contribution in [0.25, 0.3) is 0 Å². The molecule has 2 atom stereocenters. The minimum absolute atomic E-state index is 0.224. The zero-order chi connectivity index (χ0) is 21.9. The van der Waals surface area contributed by atoms with Crippen LogP contribution in [-0.2, 0) is 14.8 Å². The molecule has 5 nitrogen and oxygen atoms in total. The molecule has 0 saturated heterocycles. The Balaban J connectivity index is 2.37. The van der Waals surface area contributed by atoms with Gasteiger partial charge in [0.05, 0.1) is 18.0 Å². The normalized spacial score (nSPS) is 13.6. The van der Waals surface area contributed by atoms with Crippen molar-refractivity contribution in [1.82, 2.24) is 5.32 Å². The number of rotatable bonds is 7. The molecule has 2 rings (SSSR count). The molecule has 1 N–H and O–H groups in total. The number of benzene rings is 2. The number of carbonyl (C=O) groups is 1. The fourth-order valence-corrected chi connectivity index (χ4v) is 4.74. The Labute approximate surface area is 175 Å².